The van der Waals surface area contributed by atoms with Gasteiger partial charge in [-0.25, -0.2) is 0 Å². The topological polar surface area (TPSA) is 733 Å². The number of primary amides is 1. The Morgan fingerprint density at radius 1 is 0.487 bits per heavy atom. The van der Waals surface area contributed by atoms with Crippen molar-refractivity contribution in [2.24, 2.45) is 23.1 Å². The summed E-state index contributed by atoms with van der Waals surface area (Å²) in [5.41, 5.74) is 17.9. The number of aliphatic hydroxyl groups excluding tert-OH is 2. The molecular formula is C75H107N17O27. The largest absolute Gasteiger partial charge is 0.481 e. The molecule has 44 nitrogen and oxygen atoms in total. The molecular weight excluding hydrogens is 1570 g/mol. The Morgan fingerprint density at radius 3 is 1.49 bits per heavy atom. The van der Waals surface area contributed by atoms with Gasteiger partial charge in [-0.2, -0.15) is 0 Å². The number of anilines is 1. The third-order valence-electron chi connectivity index (χ3n) is 18.9. The zero-order chi connectivity index (χ0) is 88.8. The number of para-hydroxylation sites is 2. The predicted octanol–water partition coefficient (Wildman–Crippen LogP) is -5.06. The van der Waals surface area contributed by atoms with E-state index in [0.29, 0.717) is 29.3 Å². The van der Waals surface area contributed by atoms with Crippen molar-refractivity contribution in [3.8, 4) is 0 Å². The van der Waals surface area contributed by atoms with Crippen LogP contribution in [0.25, 0.3) is 10.9 Å². The number of aromatic nitrogens is 1. The smallest absolute Gasteiger partial charge is 0.320 e. The van der Waals surface area contributed by atoms with Crippen LogP contribution in [0.15, 0.2) is 48.7 Å². The molecule has 2 aromatic carbocycles. The van der Waals surface area contributed by atoms with Gasteiger partial charge in [0.2, 0.25) is 82.7 Å². The highest BCUT2D eigenvalue weighted by Crippen LogP contribution is 2.26. The number of benzene rings is 2. The van der Waals surface area contributed by atoms with Gasteiger partial charge in [-0.1, -0.05) is 88.1 Å². The number of H-pyrrole nitrogens is 1. The first-order chi connectivity index (χ1) is 56.2. The molecule has 1 aliphatic carbocycles. The first kappa shape index (κ1) is 98.8. The number of carboxylic acids is 5. The van der Waals surface area contributed by atoms with Crippen molar-refractivity contribution in [2.75, 3.05) is 31.6 Å². The number of aliphatic carboxylic acids is 5. The van der Waals surface area contributed by atoms with E-state index in [1.165, 1.54) is 25.1 Å². The fraction of sp³-hybridized carbons (Fsp3) is 0.547. The molecule has 1 heterocycles. The number of aliphatic hydroxyl groups is 2. The lowest BCUT2D eigenvalue weighted by Crippen LogP contribution is -2.61. The summed E-state index contributed by atoms with van der Waals surface area (Å²) in [7, 11) is 0. The third-order valence-corrected chi connectivity index (χ3v) is 18.9. The number of carboxylic acid groups (broad SMARTS) is 5. The average molecular weight is 1680 g/mol. The van der Waals surface area contributed by atoms with Crippen molar-refractivity contribution in [3.63, 3.8) is 0 Å². The summed E-state index contributed by atoms with van der Waals surface area (Å²) >= 11 is 0. The molecule has 0 saturated heterocycles. The van der Waals surface area contributed by atoms with Crippen LogP contribution >= 0.6 is 0 Å². The molecule has 1 aliphatic rings. The summed E-state index contributed by atoms with van der Waals surface area (Å²) in [5.74, 6) is -26.2. The van der Waals surface area contributed by atoms with Crippen molar-refractivity contribution in [1.82, 2.24) is 68.8 Å². The minimum atomic E-state index is -2.13. The van der Waals surface area contributed by atoms with Gasteiger partial charge in [-0.05, 0) is 82.7 Å². The Morgan fingerprint density at radius 2 is 0.958 bits per heavy atom. The normalized spacial score (nSPS) is 15.6. The second-order valence-corrected chi connectivity index (χ2v) is 28.6. The van der Waals surface area contributed by atoms with E-state index in [9.17, 15) is 132 Å². The van der Waals surface area contributed by atoms with Gasteiger partial charge >= 0.3 is 29.8 Å². The molecule has 0 spiro atoms. The van der Waals surface area contributed by atoms with Gasteiger partial charge in [0.15, 0.2) is 5.78 Å². The van der Waals surface area contributed by atoms with Crippen LogP contribution < -0.4 is 86.3 Å². The van der Waals surface area contributed by atoms with Gasteiger partial charge in [0, 0.05) is 47.8 Å². The summed E-state index contributed by atoms with van der Waals surface area (Å²) in [5, 5.41) is 98.2. The molecule has 119 heavy (non-hydrogen) atoms. The summed E-state index contributed by atoms with van der Waals surface area (Å²) in [6.07, 6.45) is 2.47. The summed E-state index contributed by atoms with van der Waals surface area (Å²) in [4.78, 5) is 266. The highest BCUT2D eigenvalue weighted by molar-refractivity contribution is 6.09. The van der Waals surface area contributed by atoms with Crippen LogP contribution in [-0.2, 0) is 97.5 Å². The molecule has 12 atom stereocenters. The fourth-order valence-electron chi connectivity index (χ4n) is 12.5. The first-order valence-electron chi connectivity index (χ1n) is 38.4. The van der Waals surface area contributed by atoms with Crippen LogP contribution in [0, 0.1) is 12.8 Å². The number of amides is 14. The van der Waals surface area contributed by atoms with Crippen LogP contribution in [-0.4, -0.2) is 258 Å². The molecule has 0 radical (unpaired) electrons. The highest BCUT2D eigenvalue weighted by atomic mass is 16.4. The highest BCUT2D eigenvalue weighted by Gasteiger charge is 2.38. The number of carbonyl (C=O) groups excluding carboxylic acids is 15. The number of fused-ring (bicyclic) bond motifs is 1. The van der Waals surface area contributed by atoms with E-state index in [2.05, 4.69) is 58.2 Å². The minimum Gasteiger partial charge on any atom is -0.481 e. The molecule has 654 valence electrons. The fourth-order valence-corrected chi connectivity index (χ4v) is 12.5. The maximum atomic E-state index is 14.5. The second-order valence-electron chi connectivity index (χ2n) is 28.6. The van der Waals surface area contributed by atoms with Crippen molar-refractivity contribution in [1.29, 1.82) is 0 Å². The van der Waals surface area contributed by atoms with E-state index in [4.69, 9.17) is 17.2 Å². The van der Waals surface area contributed by atoms with Crippen LogP contribution in [0.5, 0.6) is 0 Å². The molecule has 1 saturated carbocycles. The quantitative estimate of drug-likeness (QED) is 0.0235. The monoisotopic (exact) mass is 1680 g/mol. The van der Waals surface area contributed by atoms with Crippen LogP contribution in [0.4, 0.5) is 5.69 Å². The third kappa shape index (κ3) is 34.6. The molecule has 3 aromatic rings. The van der Waals surface area contributed by atoms with E-state index in [1.807, 2.05) is 16.0 Å². The van der Waals surface area contributed by atoms with Gasteiger partial charge in [0.1, 0.15) is 66.5 Å². The van der Waals surface area contributed by atoms with Gasteiger partial charge in [0.05, 0.1) is 57.2 Å². The Labute approximate surface area is 681 Å². The maximum Gasteiger partial charge on any atom is 0.320 e. The number of nitrogens with one attached hydrogen (secondary N) is 14. The number of hydrogen-bond donors (Lipinski definition) is 24. The molecule has 27 N–H and O–H groups in total. The molecule has 4 rings (SSSR count). The van der Waals surface area contributed by atoms with Gasteiger partial charge in [0.25, 0.3) is 0 Å². The lowest BCUT2D eigenvalue weighted by molar-refractivity contribution is -0.142. The summed E-state index contributed by atoms with van der Waals surface area (Å²) in [6.45, 7) is -0.0892. The Kier molecular flexibility index (Phi) is 41.6. The van der Waals surface area contributed by atoms with Crippen molar-refractivity contribution in [3.05, 3.63) is 65.4 Å². The Hall–Kier alpha value is -12.6. The number of rotatable bonds is 48. The summed E-state index contributed by atoms with van der Waals surface area (Å²) in [6, 6.07) is -9.21. The number of Topliss-reactive ketones (excluding diaryl/α,β-unsaturated/α-hetero) is 1. The maximum absolute atomic E-state index is 14.5. The molecule has 0 aliphatic heterocycles. The SMILES string of the molecule is Cc1cccc(C(=O)C[C@H](N)C(=O)O)c1NC(=O)[C@H](CCC(=O)O)NC(=O)[C@@H](CO)NC(=O)CNC(=O)[C@H](CC(=O)O)NC(=O)[C@@H](C)NC(=O)[C@H](CC(=O)O)NC(=O)[C@H](CCCN)NC(=O)CNC(=O)[C@@H](NC(=O)[C@H](CC(=O)O)NC(=O)[C@@H](CC(N)=O)NC(=O)[C@H](Cc1c[nH]c2ccccc12)NC(=O)C1CCCCCCCCCCC1)[C@@H](C)O. The Bertz CT molecular complexity index is 4140. The number of carbonyl (C=O) groups is 20. The van der Waals surface area contributed by atoms with E-state index >= 15 is 0 Å². The molecule has 44 heteroatoms. The zero-order valence-corrected chi connectivity index (χ0v) is 65.8. The number of nitrogens with two attached hydrogens (primary N) is 3. The van der Waals surface area contributed by atoms with E-state index in [-0.39, 0.29) is 42.6 Å². The van der Waals surface area contributed by atoms with E-state index < -0.39 is 261 Å². The minimum absolute atomic E-state index is 0.0417. The van der Waals surface area contributed by atoms with Crippen molar-refractivity contribution < 1.29 is 132 Å². The zero-order valence-electron chi connectivity index (χ0n) is 65.8. The number of aryl methyl sites for hydroxylation is 1. The molecule has 14 amide bonds. The van der Waals surface area contributed by atoms with Crippen molar-refractivity contribution >= 4 is 135 Å². The second kappa shape index (κ2) is 50.1. The van der Waals surface area contributed by atoms with E-state index in [0.717, 1.165) is 71.6 Å². The van der Waals surface area contributed by atoms with Gasteiger partial charge in [-0.3, -0.25) is 95.9 Å². The number of ketones is 1. The lowest BCUT2D eigenvalue weighted by Gasteiger charge is -2.27. The average Bonchev–Trinajstić information content (AvgIpc) is 1.65. The van der Waals surface area contributed by atoms with Crippen LogP contribution in [0.3, 0.4) is 0 Å². The van der Waals surface area contributed by atoms with Crippen molar-refractivity contribution in [2.45, 2.75) is 228 Å². The Balaban J connectivity index is 1.40. The first-order valence-corrected chi connectivity index (χ1v) is 38.4. The van der Waals surface area contributed by atoms with Gasteiger partial charge < -0.3 is 127 Å². The molecule has 1 fully saturated rings. The van der Waals surface area contributed by atoms with Crippen LogP contribution in [0.2, 0.25) is 0 Å². The predicted molar refractivity (Wildman–Crippen MR) is 416 cm³/mol. The summed E-state index contributed by atoms with van der Waals surface area (Å²) < 4.78 is 0. The van der Waals surface area contributed by atoms with E-state index in [1.54, 1.807) is 30.5 Å². The molecule has 0 unspecified atom stereocenters. The number of aromatic amines is 1. The standard InChI is InChI=1S/C75H107N17O27/c1-37-17-15-21-43(54(95)28-44(77)75(118)119)62(37)91-68(111)47(24-25-58(99)100)85-73(116)53(36-93)84-57(98)34-80-66(109)50(30-59(101)102)86-64(107)38(2)82-69(112)51(31-60(103)104)89-67(110)46(23-16-26-76)83-56(97)35-81-74(117)63(39(3)94)92-72(115)52(32-61(105)106)90-71(114)49(29-55(78)96)88-70(113)48(27-41-33-79-45-22-14-13-20-42(41)45)87-65(108)40-18-11-9-7-5-4-6-8-10-12-19-40/h13-15,17,20-22,33,38-40,44,46-53,63,79,93-94H,4-12,16,18-19,23-32,34-36,76-77H2,1-3H3,(H2,78,96)(H,80,109)(H,81,117)(H,82,112)(H,83,97)(H,84,98)(H,85,116)(H,86,107)(H,87,108)(H,88,113)(H,89,110)(H,90,114)(H,91,111)(H,92,115)(H,99,100)(H,101,102)(H,103,104)(H,105,106)(H,118,119)/t38-,39-,44+,46+,47+,48+,49-,50+,51+,52+,53-,63+/m1/s1. The number of hydrogen-bond acceptors (Lipinski definition) is 24. The lowest BCUT2D eigenvalue weighted by atomic mass is 9.91. The molecule has 1 aromatic heterocycles. The molecule has 0 bridgehead atoms. The van der Waals surface area contributed by atoms with Crippen LogP contribution in [0.1, 0.15) is 164 Å². The van der Waals surface area contributed by atoms with Gasteiger partial charge in [-0.15, -0.1) is 0 Å².